The molecular weight excluding hydrogens is 250 g/mol. The molecule has 4 nitrogen and oxygen atoms in total. The van der Waals surface area contributed by atoms with Crippen molar-refractivity contribution in [2.75, 3.05) is 13.7 Å². The number of benzene rings is 1. The first kappa shape index (κ1) is 12.7. The van der Waals surface area contributed by atoms with E-state index in [9.17, 15) is 0 Å². The summed E-state index contributed by atoms with van der Waals surface area (Å²) >= 11 is 0. The molecule has 20 heavy (non-hydrogen) atoms. The molecule has 2 N–H and O–H groups in total. The fraction of sp³-hybridized carbons (Fsp3) is 0.188. The fourth-order valence-corrected chi connectivity index (χ4v) is 2.41. The highest BCUT2D eigenvalue weighted by atomic mass is 16.5. The molecule has 0 saturated heterocycles. The fourth-order valence-electron chi connectivity index (χ4n) is 2.41. The number of imidazole rings is 1. The second-order valence-electron chi connectivity index (χ2n) is 4.61. The van der Waals surface area contributed by atoms with Gasteiger partial charge in [0.25, 0.3) is 0 Å². The van der Waals surface area contributed by atoms with Crippen LogP contribution in [0.4, 0.5) is 0 Å². The highest BCUT2D eigenvalue weighted by Gasteiger charge is 2.08. The number of aromatic nitrogens is 2. The van der Waals surface area contributed by atoms with Gasteiger partial charge in [0.05, 0.1) is 24.5 Å². The van der Waals surface area contributed by atoms with E-state index < -0.39 is 0 Å². The van der Waals surface area contributed by atoms with Crippen molar-refractivity contribution in [3.8, 4) is 17.0 Å². The van der Waals surface area contributed by atoms with Crippen LogP contribution in [0.1, 0.15) is 5.82 Å². The van der Waals surface area contributed by atoms with Crippen molar-refractivity contribution in [3.05, 3.63) is 54.5 Å². The SMILES string of the molecule is COc1ccc(-c2cccc3cnc(CCN)n23)cc1. The molecule has 2 aromatic heterocycles. The van der Waals surface area contributed by atoms with Crippen LogP contribution >= 0.6 is 0 Å². The van der Waals surface area contributed by atoms with Crippen molar-refractivity contribution in [2.45, 2.75) is 6.42 Å². The van der Waals surface area contributed by atoms with Gasteiger partial charge in [-0.2, -0.15) is 0 Å². The molecule has 4 heteroatoms. The monoisotopic (exact) mass is 267 g/mol. The van der Waals surface area contributed by atoms with Crippen LogP contribution in [0.2, 0.25) is 0 Å². The van der Waals surface area contributed by atoms with E-state index in [1.54, 1.807) is 7.11 Å². The first-order valence-corrected chi connectivity index (χ1v) is 6.63. The molecule has 0 atom stereocenters. The van der Waals surface area contributed by atoms with E-state index >= 15 is 0 Å². The molecule has 0 aliphatic carbocycles. The molecule has 0 amide bonds. The zero-order chi connectivity index (χ0) is 13.9. The van der Waals surface area contributed by atoms with E-state index in [2.05, 4.69) is 33.7 Å². The summed E-state index contributed by atoms with van der Waals surface area (Å²) in [7, 11) is 1.67. The number of ether oxygens (including phenoxy) is 1. The minimum absolute atomic E-state index is 0.593. The average Bonchev–Trinajstić information content (AvgIpc) is 2.91. The largest absolute Gasteiger partial charge is 0.497 e. The molecule has 0 unspecified atom stereocenters. The number of hydrogen-bond donors (Lipinski definition) is 1. The van der Waals surface area contributed by atoms with E-state index in [1.807, 2.05) is 24.4 Å². The summed E-state index contributed by atoms with van der Waals surface area (Å²) in [5, 5.41) is 0. The van der Waals surface area contributed by atoms with Crippen LogP contribution in [0.3, 0.4) is 0 Å². The molecule has 102 valence electrons. The summed E-state index contributed by atoms with van der Waals surface area (Å²) < 4.78 is 7.37. The Kier molecular flexibility index (Phi) is 3.39. The maximum atomic E-state index is 5.67. The van der Waals surface area contributed by atoms with E-state index in [4.69, 9.17) is 10.5 Å². The number of pyridine rings is 1. The van der Waals surface area contributed by atoms with Crippen molar-refractivity contribution >= 4 is 5.52 Å². The lowest BCUT2D eigenvalue weighted by Gasteiger charge is -2.09. The highest BCUT2D eigenvalue weighted by molar-refractivity contribution is 5.66. The quantitative estimate of drug-likeness (QED) is 0.790. The van der Waals surface area contributed by atoms with E-state index in [1.165, 1.54) is 0 Å². The van der Waals surface area contributed by atoms with Crippen LogP contribution < -0.4 is 10.5 Å². The summed E-state index contributed by atoms with van der Waals surface area (Å²) in [6.07, 6.45) is 2.65. The Morgan fingerprint density at radius 3 is 2.65 bits per heavy atom. The first-order chi connectivity index (χ1) is 9.83. The van der Waals surface area contributed by atoms with Gasteiger partial charge in [0.1, 0.15) is 11.6 Å². The molecule has 0 bridgehead atoms. The highest BCUT2D eigenvalue weighted by Crippen LogP contribution is 2.24. The van der Waals surface area contributed by atoms with Gasteiger partial charge in [-0.1, -0.05) is 6.07 Å². The smallest absolute Gasteiger partial charge is 0.118 e. The average molecular weight is 267 g/mol. The topological polar surface area (TPSA) is 52.5 Å². The van der Waals surface area contributed by atoms with Gasteiger partial charge in [0, 0.05) is 6.42 Å². The molecule has 0 aliphatic heterocycles. The van der Waals surface area contributed by atoms with E-state index in [0.717, 1.165) is 34.8 Å². The van der Waals surface area contributed by atoms with E-state index in [0.29, 0.717) is 6.54 Å². The summed E-state index contributed by atoms with van der Waals surface area (Å²) in [5.74, 6) is 1.85. The Morgan fingerprint density at radius 1 is 1.15 bits per heavy atom. The molecule has 2 heterocycles. The minimum Gasteiger partial charge on any atom is -0.497 e. The number of fused-ring (bicyclic) bond motifs is 1. The van der Waals surface area contributed by atoms with Crippen LogP contribution in [0, 0.1) is 0 Å². The zero-order valence-electron chi connectivity index (χ0n) is 11.4. The third-order valence-corrected chi connectivity index (χ3v) is 3.38. The van der Waals surface area contributed by atoms with Gasteiger partial charge < -0.3 is 10.5 Å². The zero-order valence-corrected chi connectivity index (χ0v) is 11.4. The molecule has 3 rings (SSSR count). The van der Waals surface area contributed by atoms with Gasteiger partial charge in [0.2, 0.25) is 0 Å². The predicted molar refractivity (Wildman–Crippen MR) is 79.9 cm³/mol. The lowest BCUT2D eigenvalue weighted by molar-refractivity contribution is 0.415. The molecule has 3 aromatic rings. The summed E-state index contributed by atoms with van der Waals surface area (Å²) in [6, 6.07) is 14.2. The molecular formula is C16H17N3O. The summed E-state index contributed by atoms with van der Waals surface area (Å²) in [5.41, 5.74) is 9.00. The van der Waals surface area contributed by atoms with Gasteiger partial charge >= 0.3 is 0 Å². The molecule has 0 fully saturated rings. The maximum Gasteiger partial charge on any atom is 0.118 e. The van der Waals surface area contributed by atoms with Crippen molar-refractivity contribution in [1.29, 1.82) is 0 Å². The van der Waals surface area contributed by atoms with Crippen molar-refractivity contribution in [1.82, 2.24) is 9.38 Å². The van der Waals surface area contributed by atoms with Crippen LogP contribution in [0.15, 0.2) is 48.7 Å². The summed E-state index contributed by atoms with van der Waals surface area (Å²) in [4.78, 5) is 4.46. The third kappa shape index (κ3) is 2.14. The lowest BCUT2D eigenvalue weighted by Crippen LogP contribution is -2.07. The lowest BCUT2D eigenvalue weighted by atomic mass is 10.1. The van der Waals surface area contributed by atoms with Crippen molar-refractivity contribution in [2.24, 2.45) is 5.73 Å². The number of hydrogen-bond acceptors (Lipinski definition) is 3. The molecule has 1 aromatic carbocycles. The predicted octanol–water partition coefficient (Wildman–Crippen LogP) is 2.51. The third-order valence-electron chi connectivity index (χ3n) is 3.38. The Labute approximate surface area is 117 Å². The van der Waals surface area contributed by atoms with Gasteiger partial charge in [-0.05, 0) is 48.5 Å². The normalized spacial score (nSPS) is 10.9. The Balaban J connectivity index is 2.16. The maximum absolute atomic E-state index is 5.67. The number of methoxy groups -OCH3 is 1. The number of nitrogens with two attached hydrogens (primary N) is 1. The van der Waals surface area contributed by atoms with Gasteiger partial charge in [-0.3, -0.25) is 4.40 Å². The first-order valence-electron chi connectivity index (χ1n) is 6.63. The second kappa shape index (κ2) is 5.35. The van der Waals surface area contributed by atoms with Gasteiger partial charge in [-0.25, -0.2) is 4.98 Å². The van der Waals surface area contributed by atoms with Crippen molar-refractivity contribution < 1.29 is 4.74 Å². The number of nitrogens with zero attached hydrogens (tertiary/aromatic N) is 2. The molecule has 0 aliphatic rings. The van der Waals surface area contributed by atoms with Gasteiger partial charge in [-0.15, -0.1) is 0 Å². The van der Waals surface area contributed by atoms with Gasteiger partial charge in [0.15, 0.2) is 0 Å². The standard InChI is InChI=1S/C16H17N3O/c1-20-14-7-5-12(6-8-14)15-4-2-3-13-11-18-16(9-10-17)19(13)15/h2-8,11H,9-10,17H2,1H3. The van der Waals surface area contributed by atoms with Crippen LogP contribution in [-0.2, 0) is 6.42 Å². The van der Waals surface area contributed by atoms with Crippen molar-refractivity contribution in [3.63, 3.8) is 0 Å². The number of rotatable bonds is 4. The Morgan fingerprint density at radius 2 is 1.95 bits per heavy atom. The molecule has 0 radical (unpaired) electrons. The minimum atomic E-state index is 0.593. The van der Waals surface area contributed by atoms with E-state index in [-0.39, 0.29) is 0 Å². The summed E-state index contributed by atoms with van der Waals surface area (Å²) in [6.45, 7) is 0.593. The molecule has 0 saturated carbocycles. The van der Waals surface area contributed by atoms with Crippen LogP contribution in [0.25, 0.3) is 16.8 Å². The van der Waals surface area contributed by atoms with Crippen LogP contribution in [0.5, 0.6) is 5.75 Å². The van der Waals surface area contributed by atoms with Crippen LogP contribution in [-0.4, -0.2) is 23.0 Å². The Bertz CT molecular complexity index is 716. The second-order valence-corrected chi connectivity index (χ2v) is 4.61. The Hall–Kier alpha value is -2.33. The molecule has 0 spiro atoms.